The van der Waals surface area contributed by atoms with Gasteiger partial charge in [-0.05, 0) is 56.9 Å². The van der Waals surface area contributed by atoms with Crippen LogP contribution in [0.25, 0.3) is 16.9 Å². The van der Waals surface area contributed by atoms with Crippen LogP contribution in [0.5, 0.6) is 0 Å². The number of piperidine rings is 1. The van der Waals surface area contributed by atoms with E-state index in [1.54, 1.807) is 17.9 Å². The minimum atomic E-state index is -1.49. The molecule has 6 nitrogen and oxygen atoms in total. The van der Waals surface area contributed by atoms with Crippen molar-refractivity contribution in [3.05, 3.63) is 76.6 Å². The van der Waals surface area contributed by atoms with Crippen LogP contribution in [0.1, 0.15) is 52.7 Å². The fourth-order valence-electron chi connectivity index (χ4n) is 5.69. The molecule has 0 aliphatic carbocycles. The van der Waals surface area contributed by atoms with Gasteiger partial charge in [0.1, 0.15) is 11.3 Å². The number of aromatic nitrogens is 4. The summed E-state index contributed by atoms with van der Waals surface area (Å²) in [6, 6.07) is 7.20. The van der Waals surface area contributed by atoms with Crippen LogP contribution in [-0.2, 0) is 13.5 Å². The zero-order valence-corrected chi connectivity index (χ0v) is 18.7. The highest BCUT2D eigenvalue weighted by molar-refractivity contribution is 5.94. The van der Waals surface area contributed by atoms with E-state index in [-0.39, 0.29) is 23.6 Å². The molecule has 5 heterocycles. The second kappa shape index (κ2) is 7.44. The highest BCUT2D eigenvalue weighted by atomic mass is 19.2. The van der Waals surface area contributed by atoms with Crippen LogP contribution < -0.4 is 0 Å². The zero-order chi connectivity index (χ0) is 23.7. The van der Waals surface area contributed by atoms with Gasteiger partial charge in [-0.3, -0.25) is 13.9 Å². The number of carbonyl (C=O) groups is 1. The van der Waals surface area contributed by atoms with Crippen LogP contribution >= 0.6 is 0 Å². The Morgan fingerprint density at radius 3 is 2.65 bits per heavy atom. The largest absolute Gasteiger partial charge is 0.325 e. The van der Waals surface area contributed by atoms with E-state index in [2.05, 4.69) is 4.98 Å². The zero-order valence-electron chi connectivity index (χ0n) is 18.7. The smallest absolute Gasteiger partial charge is 0.271 e. The first kappa shape index (κ1) is 20.9. The molecule has 1 fully saturated rings. The van der Waals surface area contributed by atoms with Gasteiger partial charge in [0.15, 0.2) is 17.5 Å². The standard InChI is InChI=1S/C25H22F3N5O/c1-13-12-29-21-8-4-7-20(32(13)21)25(34)33-15-5-3-6-19(33)23-16(11-15)24(31(2)30-23)14-9-17(26)22(28)18(27)10-14/h4,7-10,12,15,19H,3,5-6,11H2,1-2H3/t15-,19+/m1/s1. The molecule has 6 rings (SSSR count). The van der Waals surface area contributed by atoms with Crippen molar-refractivity contribution in [3.63, 3.8) is 0 Å². The molecule has 2 aliphatic rings. The molecule has 0 N–H and O–H groups in total. The Morgan fingerprint density at radius 2 is 1.88 bits per heavy atom. The van der Waals surface area contributed by atoms with Gasteiger partial charge in [-0.2, -0.15) is 5.10 Å². The van der Waals surface area contributed by atoms with E-state index in [1.807, 2.05) is 34.4 Å². The predicted octanol–water partition coefficient (Wildman–Crippen LogP) is 4.75. The number of fused-ring (bicyclic) bond motifs is 5. The van der Waals surface area contributed by atoms with E-state index < -0.39 is 17.5 Å². The van der Waals surface area contributed by atoms with E-state index in [0.29, 0.717) is 23.5 Å². The maximum Gasteiger partial charge on any atom is 0.271 e. The van der Waals surface area contributed by atoms with Gasteiger partial charge in [0.05, 0.1) is 17.4 Å². The van der Waals surface area contributed by atoms with Gasteiger partial charge in [-0.25, -0.2) is 18.2 Å². The molecule has 1 saturated heterocycles. The molecule has 4 aromatic rings. The van der Waals surface area contributed by atoms with Crippen molar-refractivity contribution < 1.29 is 18.0 Å². The summed E-state index contributed by atoms with van der Waals surface area (Å²) in [6.45, 7) is 1.91. The maximum atomic E-state index is 14.0. The molecule has 174 valence electrons. The Kier molecular flexibility index (Phi) is 4.59. The fraction of sp³-hybridized carbons (Fsp3) is 0.320. The first-order valence-electron chi connectivity index (χ1n) is 11.3. The Labute approximate surface area is 193 Å². The van der Waals surface area contributed by atoms with Crippen molar-refractivity contribution in [2.75, 3.05) is 0 Å². The monoisotopic (exact) mass is 465 g/mol. The van der Waals surface area contributed by atoms with Crippen molar-refractivity contribution in [1.29, 1.82) is 0 Å². The lowest BCUT2D eigenvalue weighted by Gasteiger charge is -2.45. The third-order valence-electron chi connectivity index (χ3n) is 7.09. The summed E-state index contributed by atoms with van der Waals surface area (Å²) < 4.78 is 45.0. The number of carbonyl (C=O) groups excluding carboxylic acids is 1. The van der Waals surface area contributed by atoms with E-state index in [1.165, 1.54) is 0 Å². The summed E-state index contributed by atoms with van der Waals surface area (Å²) in [5.74, 6) is -4.04. The molecule has 0 unspecified atom stereocenters. The highest BCUT2D eigenvalue weighted by Crippen LogP contribution is 2.45. The topological polar surface area (TPSA) is 55.4 Å². The molecule has 3 aromatic heterocycles. The Hall–Kier alpha value is -3.62. The number of amides is 1. The number of hydrogen-bond acceptors (Lipinski definition) is 3. The molecule has 34 heavy (non-hydrogen) atoms. The maximum absolute atomic E-state index is 14.0. The molecule has 9 heteroatoms. The van der Waals surface area contributed by atoms with Crippen LogP contribution in [0.15, 0.2) is 36.5 Å². The molecule has 0 spiro atoms. The molecule has 1 amide bonds. The van der Waals surface area contributed by atoms with Crippen LogP contribution in [0.2, 0.25) is 0 Å². The lowest BCUT2D eigenvalue weighted by atomic mass is 9.81. The predicted molar refractivity (Wildman–Crippen MR) is 119 cm³/mol. The summed E-state index contributed by atoms with van der Waals surface area (Å²) in [7, 11) is 1.71. The lowest BCUT2D eigenvalue weighted by Crippen LogP contribution is -2.50. The fourth-order valence-corrected chi connectivity index (χ4v) is 5.69. The summed E-state index contributed by atoms with van der Waals surface area (Å²) >= 11 is 0. The van der Waals surface area contributed by atoms with Gasteiger partial charge in [0, 0.05) is 36.1 Å². The van der Waals surface area contributed by atoms with Gasteiger partial charge in [0.2, 0.25) is 0 Å². The Morgan fingerprint density at radius 1 is 1.12 bits per heavy atom. The van der Waals surface area contributed by atoms with Crippen molar-refractivity contribution in [3.8, 4) is 11.3 Å². The summed E-state index contributed by atoms with van der Waals surface area (Å²) in [5, 5.41) is 4.69. The second-order valence-electron chi connectivity index (χ2n) is 9.11. The van der Waals surface area contributed by atoms with Crippen molar-refractivity contribution in [2.45, 2.75) is 44.7 Å². The van der Waals surface area contributed by atoms with Crippen LogP contribution in [0.3, 0.4) is 0 Å². The summed E-state index contributed by atoms with van der Waals surface area (Å²) in [6.07, 6.45) is 4.78. The van der Waals surface area contributed by atoms with Gasteiger partial charge in [0.25, 0.3) is 5.91 Å². The highest BCUT2D eigenvalue weighted by Gasteiger charge is 2.44. The number of hydrogen-bond donors (Lipinski definition) is 0. The third kappa shape index (κ3) is 2.92. The van der Waals surface area contributed by atoms with Crippen LogP contribution in [-0.4, -0.2) is 36.0 Å². The van der Waals surface area contributed by atoms with Gasteiger partial charge >= 0.3 is 0 Å². The van der Waals surface area contributed by atoms with Gasteiger partial charge in [-0.15, -0.1) is 0 Å². The number of imidazole rings is 1. The normalized spacial score (nSPS) is 19.5. The number of halogens is 3. The average molecular weight is 465 g/mol. The molecule has 2 aliphatic heterocycles. The van der Waals surface area contributed by atoms with Gasteiger partial charge < -0.3 is 4.90 Å². The number of benzene rings is 1. The Balaban J connectivity index is 1.46. The van der Waals surface area contributed by atoms with Crippen LogP contribution in [0.4, 0.5) is 13.2 Å². The average Bonchev–Trinajstić information content (AvgIpc) is 3.35. The molecule has 1 aromatic carbocycles. The molecule has 2 atom stereocenters. The van der Waals surface area contributed by atoms with Crippen molar-refractivity contribution >= 4 is 11.6 Å². The minimum Gasteiger partial charge on any atom is -0.325 e. The number of aryl methyl sites for hydroxylation is 2. The number of nitrogens with zero attached hydrogens (tertiary/aromatic N) is 5. The molecule has 0 saturated carbocycles. The SMILES string of the molecule is Cc1cnc2cccc(C(=O)N3[C@@H]4CCC[C@H]3c3nn(C)c(-c5cc(F)c(F)c(F)c5)c3C4)n12. The first-order chi connectivity index (χ1) is 16.3. The van der Waals surface area contributed by atoms with E-state index in [9.17, 15) is 18.0 Å². The molecule has 2 bridgehead atoms. The lowest BCUT2D eigenvalue weighted by molar-refractivity contribution is 0.0384. The molecular formula is C25H22F3N5O. The number of rotatable bonds is 2. The molecule has 0 radical (unpaired) electrons. The second-order valence-corrected chi connectivity index (χ2v) is 9.11. The van der Waals surface area contributed by atoms with E-state index in [4.69, 9.17) is 5.10 Å². The Bertz CT molecular complexity index is 1450. The quantitative estimate of drug-likeness (QED) is 0.402. The van der Waals surface area contributed by atoms with Gasteiger partial charge in [-0.1, -0.05) is 6.07 Å². The third-order valence-corrected chi connectivity index (χ3v) is 7.09. The molecular weight excluding hydrogens is 443 g/mol. The minimum absolute atomic E-state index is 0.0732. The summed E-state index contributed by atoms with van der Waals surface area (Å²) in [5.41, 5.74) is 4.54. The first-order valence-corrected chi connectivity index (χ1v) is 11.3. The summed E-state index contributed by atoms with van der Waals surface area (Å²) in [4.78, 5) is 20.2. The van der Waals surface area contributed by atoms with E-state index in [0.717, 1.165) is 48.3 Å². The number of pyridine rings is 1. The van der Waals surface area contributed by atoms with Crippen molar-refractivity contribution in [1.82, 2.24) is 24.1 Å². The van der Waals surface area contributed by atoms with Crippen molar-refractivity contribution in [2.24, 2.45) is 7.05 Å². The van der Waals surface area contributed by atoms with Crippen LogP contribution in [0, 0.1) is 24.4 Å². The van der Waals surface area contributed by atoms with E-state index >= 15 is 0 Å².